The lowest BCUT2D eigenvalue weighted by Crippen LogP contribution is -2.45. The Morgan fingerprint density at radius 3 is 2.89 bits per heavy atom. The minimum Gasteiger partial charge on any atom is -0.366 e. The SMILES string of the molecule is CCn1ncc(N2CC(CN)CCC2C)c(Br)c1=O. The van der Waals surface area contributed by atoms with Crippen LogP contribution in [0.5, 0.6) is 0 Å². The predicted octanol–water partition coefficient (Wildman–Crippen LogP) is 1.59. The Hall–Kier alpha value is -0.880. The second-order valence-electron chi connectivity index (χ2n) is 5.15. The first-order valence-electron chi connectivity index (χ1n) is 6.80. The Morgan fingerprint density at radius 1 is 1.53 bits per heavy atom. The Morgan fingerprint density at radius 2 is 2.26 bits per heavy atom. The third-order valence-electron chi connectivity index (χ3n) is 3.89. The lowest BCUT2D eigenvalue weighted by atomic mass is 9.93. The van der Waals surface area contributed by atoms with E-state index in [1.165, 1.54) is 4.68 Å². The van der Waals surface area contributed by atoms with Crippen molar-refractivity contribution in [2.45, 2.75) is 39.3 Å². The summed E-state index contributed by atoms with van der Waals surface area (Å²) in [5.74, 6) is 0.497. The fraction of sp³-hybridized carbons (Fsp3) is 0.692. The average Bonchev–Trinajstić information content (AvgIpc) is 2.43. The van der Waals surface area contributed by atoms with E-state index in [4.69, 9.17) is 5.73 Å². The van der Waals surface area contributed by atoms with Crippen molar-refractivity contribution in [3.63, 3.8) is 0 Å². The van der Waals surface area contributed by atoms with Crippen LogP contribution in [0, 0.1) is 5.92 Å². The van der Waals surface area contributed by atoms with Crippen molar-refractivity contribution >= 4 is 21.6 Å². The lowest BCUT2D eigenvalue weighted by Gasteiger charge is -2.39. The molecule has 0 bridgehead atoms. The van der Waals surface area contributed by atoms with Crippen LogP contribution in [0.4, 0.5) is 5.69 Å². The van der Waals surface area contributed by atoms with Gasteiger partial charge in [-0.05, 0) is 55.1 Å². The molecule has 0 saturated carbocycles. The van der Waals surface area contributed by atoms with Crippen molar-refractivity contribution in [3.05, 3.63) is 21.0 Å². The van der Waals surface area contributed by atoms with Gasteiger partial charge in [-0.3, -0.25) is 4.79 Å². The highest BCUT2D eigenvalue weighted by Gasteiger charge is 2.27. The van der Waals surface area contributed by atoms with Gasteiger partial charge in [-0.1, -0.05) is 0 Å². The number of aryl methyl sites for hydroxylation is 1. The van der Waals surface area contributed by atoms with Crippen molar-refractivity contribution in [1.82, 2.24) is 9.78 Å². The standard InChI is InChI=1S/C13H21BrN4O/c1-3-18-13(19)12(14)11(7-16-18)17-8-10(6-15)5-4-9(17)2/h7,9-10H,3-6,8,15H2,1-2H3. The predicted molar refractivity (Wildman–Crippen MR) is 80.5 cm³/mol. The summed E-state index contributed by atoms with van der Waals surface area (Å²) >= 11 is 3.43. The summed E-state index contributed by atoms with van der Waals surface area (Å²) in [7, 11) is 0. The van der Waals surface area contributed by atoms with Gasteiger partial charge >= 0.3 is 0 Å². The maximum Gasteiger partial charge on any atom is 0.283 e. The van der Waals surface area contributed by atoms with Crippen LogP contribution in [0.1, 0.15) is 26.7 Å². The van der Waals surface area contributed by atoms with Crippen LogP contribution in [-0.4, -0.2) is 28.9 Å². The molecule has 0 spiro atoms. The maximum atomic E-state index is 12.1. The molecule has 6 heteroatoms. The molecule has 106 valence electrons. The zero-order valence-corrected chi connectivity index (χ0v) is 13.1. The molecule has 1 aromatic rings. The molecule has 1 aliphatic heterocycles. The van der Waals surface area contributed by atoms with Crippen LogP contribution in [0.15, 0.2) is 15.5 Å². The molecule has 2 N–H and O–H groups in total. The smallest absolute Gasteiger partial charge is 0.283 e. The number of halogens is 1. The van der Waals surface area contributed by atoms with E-state index in [-0.39, 0.29) is 5.56 Å². The zero-order chi connectivity index (χ0) is 14.0. The van der Waals surface area contributed by atoms with Crippen LogP contribution in [0.25, 0.3) is 0 Å². The van der Waals surface area contributed by atoms with Gasteiger partial charge in [0.15, 0.2) is 0 Å². The monoisotopic (exact) mass is 328 g/mol. The van der Waals surface area contributed by atoms with E-state index in [0.717, 1.165) is 25.1 Å². The Labute approximate surface area is 121 Å². The van der Waals surface area contributed by atoms with Crippen LogP contribution < -0.4 is 16.2 Å². The quantitative estimate of drug-likeness (QED) is 0.915. The van der Waals surface area contributed by atoms with Crippen LogP contribution in [0.2, 0.25) is 0 Å². The third-order valence-corrected chi connectivity index (χ3v) is 4.63. The highest BCUT2D eigenvalue weighted by atomic mass is 79.9. The molecule has 0 radical (unpaired) electrons. The van der Waals surface area contributed by atoms with Crippen molar-refractivity contribution in [1.29, 1.82) is 0 Å². The maximum absolute atomic E-state index is 12.1. The van der Waals surface area contributed by atoms with Gasteiger partial charge < -0.3 is 10.6 Å². The molecule has 0 amide bonds. The van der Waals surface area contributed by atoms with Gasteiger partial charge in [-0.15, -0.1) is 0 Å². The van der Waals surface area contributed by atoms with E-state index in [9.17, 15) is 4.79 Å². The molecule has 5 nitrogen and oxygen atoms in total. The second kappa shape index (κ2) is 6.05. The largest absolute Gasteiger partial charge is 0.366 e. The van der Waals surface area contributed by atoms with E-state index in [1.807, 2.05) is 6.92 Å². The molecule has 2 rings (SSSR count). The molecule has 19 heavy (non-hydrogen) atoms. The fourth-order valence-electron chi connectivity index (χ4n) is 2.59. The average molecular weight is 329 g/mol. The highest BCUT2D eigenvalue weighted by Crippen LogP contribution is 2.30. The van der Waals surface area contributed by atoms with Crippen LogP contribution in [0.3, 0.4) is 0 Å². The fourth-order valence-corrected chi connectivity index (χ4v) is 3.13. The van der Waals surface area contributed by atoms with E-state index in [1.54, 1.807) is 6.20 Å². The molecule has 1 aromatic heterocycles. The number of hydrogen-bond acceptors (Lipinski definition) is 4. The van der Waals surface area contributed by atoms with Crippen molar-refractivity contribution < 1.29 is 0 Å². The van der Waals surface area contributed by atoms with Gasteiger partial charge in [-0.25, -0.2) is 4.68 Å². The van der Waals surface area contributed by atoms with Gasteiger partial charge in [0.25, 0.3) is 5.56 Å². The van der Waals surface area contributed by atoms with Gasteiger partial charge in [-0.2, -0.15) is 5.10 Å². The summed E-state index contributed by atoms with van der Waals surface area (Å²) in [6.45, 7) is 6.27. The summed E-state index contributed by atoms with van der Waals surface area (Å²) in [4.78, 5) is 14.4. The van der Waals surface area contributed by atoms with Gasteiger partial charge in [0, 0.05) is 19.1 Å². The molecule has 1 aliphatic rings. The first-order valence-corrected chi connectivity index (χ1v) is 7.60. The zero-order valence-electron chi connectivity index (χ0n) is 11.5. The molecule has 2 heterocycles. The number of hydrogen-bond donors (Lipinski definition) is 1. The first kappa shape index (κ1) is 14.5. The lowest BCUT2D eigenvalue weighted by molar-refractivity contribution is 0.372. The number of rotatable bonds is 3. The molecule has 0 aliphatic carbocycles. The van der Waals surface area contributed by atoms with Crippen molar-refractivity contribution in [2.24, 2.45) is 11.7 Å². The van der Waals surface area contributed by atoms with E-state index < -0.39 is 0 Å². The van der Waals surface area contributed by atoms with Crippen LogP contribution >= 0.6 is 15.9 Å². The second-order valence-corrected chi connectivity index (χ2v) is 5.94. The Bertz CT molecular complexity index is 502. The molecule has 1 fully saturated rings. The van der Waals surface area contributed by atoms with Gasteiger partial charge in [0.05, 0.1) is 11.9 Å². The summed E-state index contributed by atoms with van der Waals surface area (Å²) in [6, 6.07) is 0.415. The van der Waals surface area contributed by atoms with E-state index >= 15 is 0 Å². The third kappa shape index (κ3) is 2.84. The molecule has 1 saturated heterocycles. The Kier molecular flexibility index (Phi) is 4.62. The number of piperidine rings is 1. The number of nitrogens with two attached hydrogens (primary N) is 1. The molecular formula is C13H21BrN4O. The van der Waals surface area contributed by atoms with Crippen molar-refractivity contribution in [3.8, 4) is 0 Å². The summed E-state index contributed by atoms with van der Waals surface area (Å²) in [5.41, 5.74) is 6.60. The van der Waals surface area contributed by atoms with Gasteiger partial charge in [0.2, 0.25) is 0 Å². The molecular weight excluding hydrogens is 308 g/mol. The molecule has 0 aromatic carbocycles. The minimum atomic E-state index is -0.0675. The summed E-state index contributed by atoms with van der Waals surface area (Å²) < 4.78 is 2.07. The van der Waals surface area contributed by atoms with E-state index in [2.05, 4.69) is 32.9 Å². The van der Waals surface area contributed by atoms with E-state index in [0.29, 0.717) is 29.5 Å². The van der Waals surface area contributed by atoms with Crippen molar-refractivity contribution in [2.75, 3.05) is 18.0 Å². The normalized spacial score (nSPS) is 23.7. The number of nitrogens with zero attached hydrogens (tertiary/aromatic N) is 3. The van der Waals surface area contributed by atoms with Crippen LogP contribution in [-0.2, 0) is 6.54 Å². The molecule has 2 atom stereocenters. The highest BCUT2D eigenvalue weighted by molar-refractivity contribution is 9.10. The Balaban J connectivity index is 2.35. The minimum absolute atomic E-state index is 0.0675. The summed E-state index contributed by atoms with van der Waals surface area (Å²) in [6.07, 6.45) is 4.04. The number of aromatic nitrogens is 2. The topological polar surface area (TPSA) is 64.2 Å². The number of anilines is 1. The summed E-state index contributed by atoms with van der Waals surface area (Å²) in [5, 5.41) is 4.22. The van der Waals surface area contributed by atoms with Gasteiger partial charge in [0.1, 0.15) is 4.47 Å². The molecule has 2 unspecified atom stereocenters. The first-order chi connectivity index (χ1) is 9.08.